The predicted molar refractivity (Wildman–Crippen MR) is 120 cm³/mol. The van der Waals surface area contributed by atoms with Crippen LogP contribution in [0.2, 0.25) is 5.02 Å². The van der Waals surface area contributed by atoms with Crippen LogP contribution in [0, 0.1) is 0 Å². The Morgan fingerprint density at radius 2 is 1.59 bits per heavy atom. The lowest BCUT2D eigenvalue weighted by Gasteiger charge is -2.26. The van der Waals surface area contributed by atoms with E-state index in [0.717, 1.165) is 5.69 Å². The van der Waals surface area contributed by atoms with Crippen LogP contribution in [-0.2, 0) is 10.0 Å². The highest BCUT2D eigenvalue weighted by atomic mass is 35.5. The maximum absolute atomic E-state index is 13.0. The van der Waals surface area contributed by atoms with Gasteiger partial charge in [0, 0.05) is 26.2 Å². The second-order valence-electron chi connectivity index (χ2n) is 6.37. The first-order valence-electron chi connectivity index (χ1n) is 9.75. The molecule has 0 aliphatic carbocycles. The standard InChI is InChI=1S/C21H28ClN3O3S/c1-5-24(6-2)20-14-13-16(29(27,28)25(7-3)8-4)15-19(20)23-21(26)17-11-9-10-12-18(17)22/h9-15H,5-8H2,1-4H3,(H,23,26). The molecule has 0 spiro atoms. The van der Waals surface area contributed by atoms with Crippen LogP contribution >= 0.6 is 11.6 Å². The van der Waals surface area contributed by atoms with Gasteiger partial charge in [-0.25, -0.2) is 8.42 Å². The minimum absolute atomic E-state index is 0.145. The molecule has 0 radical (unpaired) electrons. The van der Waals surface area contributed by atoms with Crippen molar-refractivity contribution in [3.05, 3.63) is 53.1 Å². The Morgan fingerprint density at radius 3 is 2.14 bits per heavy atom. The molecule has 158 valence electrons. The normalized spacial score (nSPS) is 11.5. The molecule has 0 aromatic heterocycles. The Labute approximate surface area is 178 Å². The summed E-state index contributed by atoms with van der Waals surface area (Å²) in [6.07, 6.45) is 0. The third kappa shape index (κ3) is 5.10. The lowest BCUT2D eigenvalue weighted by atomic mass is 10.2. The number of hydrogen-bond acceptors (Lipinski definition) is 4. The molecule has 0 saturated heterocycles. The van der Waals surface area contributed by atoms with Crippen LogP contribution in [-0.4, -0.2) is 44.8 Å². The largest absolute Gasteiger partial charge is 0.370 e. The van der Waals surface area contributed by atoms with Crippen molar-refractivity contribution in [2.75, 3.05) is 36.4 Å². The van der Waals surface area contributed by atoms with Crippen LogP contribution in [0.1, 0.15) is 38.1 Å². The zero-order valence-corrected chi connectivity index (χ0v) is 18.8. The number of hydrogen-bond donors (Lipinski definition) is 1. The number of carbonyl (C=O) groups excluding carboxylic acids is 1. The average molecular weight is 438 g/mol. The third-order valence-electron chi connectivity index (χ3n) is 4.78. The summed E-state index contributed by atoms with van der Waals surface area (Å²) < 4.78 is 27.3. The van der Waals surface area contributed by atoms with Crippen LogP contribution < -0.4 is 10.2 Å². The molecular weight excluding hydrogens is 410 g/mol. The van der Waals surface area contributed by atoms with Gasteiger partial charge in [0.05, 0.1) is 26.9 Å². The van der Waals surface area contributed by atoms with Crippen molar-refractivity contribution < 1.29 is 13.2 Å². The maximum atomic E-state index is 13.0. The van der Waals surface area contributed by atoms with Crippen molar-refractivity contribution in [2.45, 2.75) is 32.6 Å². The number of anilines is 2. The third-order valence-corrected chi connectivity index (χ3v) is 7.16. The van der Waals surface area contributed by atoms with Crippen molar-refractivity contribution in [1.29, 1.82) is 0 Å². The topological polar surface area (TPSA) is 69.7 Å². The first kappa shape index (κ1) is 23.2. The van der Waals surface area contributed by atoms with Crippen molar-refractivity contribution in [1.82, 2.24) is 4.31 Å². The molecule has 0 heterocycles. The zero-order valence-electron chi connectivity index (χ0n) is 17.3. The minimum atomic E-state index is -3.65. The van der Waals surface area contributed by atoms with Gasteiger partial charge >= 0.3 is 0 Å². The fraction of sp³-hybridized carbons (Fsp3) is 0.381. The minimum Gasteiger partial charge on any atom is -0.370 e. The molecule has 29 heavy (non-hydrogen) atoms. The van der Waals surface area contributed by atoms with E-state index in [2.05, 4.69) is 10.2 Å². The van der Waals surface area contributed by atoms with Crippen molar-refractivity contribution in [3.8, 4) is 0 Å². The van der Waals surface area contributed by atoms with E-state index in [9.17, 15) is 13.2 Å². The number of carbonyl (C=O) groups is 1. The molecule has 1 N–H and O–H groups in total. The molecule has 0 fully saturated rings. The van der Waals surface area contributed by atoms with Crippen molar-refractivity contribution in [2.24, 2.45) is 0 Å². The molecule has 1 amide bonds. The number of nitrogens with zero attached hydrogens (tertiary/aromatic N) is 2. The quantitative estimate of drug-likeness (QED) is 0.628. The first-order valence-corrected chi connectivity index (χ1v) is 11.6. The van der Waals surface area contributed by atoms with E-state index >= 15 is 0 Å². The van der Waals surface area contributed by atoms with Crippen LogP contribution in [0.3, 0.4) is 0 Å². The monoisotopic (exact) mass is 437 g/mol. The summed E-state index contributed by atoms with van der Waals surface area (Å²) in [6, 6.07) is 11.6. The number of halogens is 1. The summed E-state index contributed by atoms with van der Waals surface area (Å²) in [6.45, 7) is 9.78. The van der Waals surface area contributed by atoms with E-state index in [1.54, 1.807) is 50.2 Å². The smallest absolute Gasteiger partial charge is 0.257 e. The van der Waals surface area contributed by atoms with Gasteiger partial charge in [0.25, 0.3) is 5.91 Å². The molecule has 0 aliphatic rings. The van der Waals surface area contributed by atoms with Crippen LogP contribution in [0.25, 0.3) is 0 Å². The maximum Gasteiger partial charge on any atom is 0.257 e. The zero-order chi connectivity index (χ0) is 21.6. The number of benzene rings is 2. The molecule has 0 aliphatic heterocycles. The van der Waals surface area contributed by atoms with Crippen LogP contribution in [0.5, 0.6) is 0 Å². The van der Waals surface area contributed by atoms with Crippen molar-refractivity contribution in [3.63, 3.8) is 0 Å². The van der Waals surface area contributed by atoms with E-state index in [4.69, 9.17) is 11.6 Å². The lowest BCUT2D eigenvalue weighted by Crippen LogP contribution is -2.31. The molecule has 0 unspecified atom stereocenters. The summed E-state index contributed by atoms with van der Waals surface area (Å²) >= 11 is 6.15. The summed E-state index contributed by atoms with van der Waals surface area (Å²) in [5.41, 5.74) is 1.53. The van der Waals surface area contributed by atoms with E-state index < -0.39 is 10.0 Å². The van der Waals surface area contributed by atoms with Gasteiger partial charge in [0.15, 0.2) is 0 Å². The first-order chi connectivity index (χ1) is 13.8. The fourth-order valence-corrected chi connectivity index (χ4v) is 4.87. The van der Waals surface area contributed by atoms with Crippen LogP contribution in [0.15, 0.2) is 47.4 Å². The Kier molecular flexibility index (Phi) is 8.07. The molecular formula is C21H28ClN3O3S. The second kappa shape index (κ2) is 10.1. The molecule has 0 bridgehead atoms. The highest BCUT2D eigenvalue weighted by molar-refractivity contribution is 7.89. The Hall–Kier alpha value is -2.09. The number of sulfonamides is 1. The number of nitrogens with one attached hydrogen (secondary N) is 1. The van der Waals surface area contributed by atoms with Gasteiger partial charge in [-0.05, 0) is 44.2 Å². The highest BCUT2D eigenvalue weighted by Crippen LogP contribution is 2.31. The van der Waals surface area contributed by atoms with Gasteiger partial charge in [-0.15, -0.1) is 0 Å². The molecule has 2 aromatic rings. The average Bonchev–Trinajstić information content (AvgIpc) is 2.70. The molecule has 6 nitrogen and oxygen atoms in total. The molecule has 0 atom stereocenters. The SMILES string of the molecule is CCN(CC)c1ccc(S(=O)(=O)N(CC)CC)cc1NC(=O)c1ccccc1Cl. The number of amides is 1. The van der Waals surface area contributed by atoms with E-state index in [0.29, 0.717) is 42.5 Å². The fourth-order valence-electron chi connectivity index (χ4n) is 3.16. The summed E-state index contributed by atoms with van der Waals surface area (Å²) in [4.78, 5) is 15.0. The van der Waals surface area contributed by atoms with Gasteiger partial charge in [0.1, 0.15) is 0 Å². The van der Waals surface area contributed by atoms with Gasteiger partial charge in [-0.3, -0.25) is 4.79 Å². The van der Waals surface area contributed by atoms with E-state index in [1.807, 2.05) is 13.8 Å². The highest BCUT2D eigenvalue weighted by Gasteiger charge is 2.24. The molecule has 2 aromatic carbocycles. The molecule has 2 rings (SSSR count). The molecule has 0 saturated carbocycles. The van der Waals surface area contributed by atoms with Gasteiger partial charge in [-0.2, -0.15) is 4.31 Å². The van der Waals surface area contributed by atoms with E-state index in [-0.39, 0.29) is 10.8 Å². The summed E-state index contributed by atoms with van der Waals surface area (Å²) in [5, 5.41) is 3.19. The van der Waals surface area contributed by atoms with Crippen molar-refractivity contribution >= 4 is 38.9 Å². The van der Waals surface area contributed by atoms with Gasteiger partial charge < -0.3 is 10.2 Å². The summed E-state index contributed by atoms with van der Waals surface area (Å²) in [7, 11) is -3.65. The predicted octanol–water partition coefficient (Wildman–Crippen LogP) is 4.47. The lowest BCUT2D eigenvalue weighted by molar-refractivity contribution is 0.102. The Bertz CT molecular complexity index is 955. The van der Waals surface area contributed by atoms with Crippen LogP contribution in [0.4, 0.5) is 11.4 Å². The van der Waals surface area contributed by atoms with E-state index in [1.165, 1.54) is 10.4 Å². The molecule has 8 heteroatoms. The Balaban J connectivity index is 2.54. The van der Waals surface area contributed by atoms with Gasteiger partial charge in [-0.1, -0.05) is 37.6 Å². The Morgan fingerprint density at radius 1 is 0.966 bits per heavy atom. The number of rotatable bonds is 9. The second-order valence-corrected chi connectivity index (χ2v) is 8.72. The summed E-state index contributed by atoms with van der Waals surface area (Å²) in [5.74, 6) is -0.388. The van der Waals surface area contributed by atoms with Gasteiger partial charge in [0.2, 0.25) is 10.0 Å².